The lowest BCUT2D eigenvalue weighted by Gasteiger charge is -2.48. The Balaban J connectivity index is 1.30. The highest BCUT2D eigenvalue weighted by Gasteiger charge is 2.39. The molecule has 1 amide bonds. The van der Waals surface area contributed by atoms with E-state index in [2.05, 4.69) is 21.9 Å². The number of nitrogens with one attached hydrogen (secondary N) is 1. The van der Waals surface area contributed by atoms with Gasteiger partial charge in [-0.05, 0) is 36.6 Å². The van der Waals surface area contributed by atoms with Gasteiger partial charge in [0.25, 0.3) is 5.91 Å². The molecule has 2 aromatic carbocycles. The molecule has 3 atom stereocenters. The molecule has 2 saturated heterocycles. The van der Waals surface area contributed by atoms with Gasteiger partial charge in [0.2, 0.25) is 0 Å². The molecule has 32 heavy (non-hydrogen) atoms. The maximum absolute atomic E-state index is 13.3. The van der Waals surface area contributed by atoms with Gasteiger partial charge in [-0.3, -0.25) is 14.4 Å². The van der Waals surface area contributed by atoms with E-state index in [1.807, 2.05) is 41.1 Å². The van der Waals surface area contributed by atoms with Crippen LogP contribution >= 0.6 is 0 Å². The molecule has 1 aromatic heterocycles. The molecule has 2 bridgehead atoms. The lowest BCUT2D eigenvalue weighted by Crippen LogP contribution is -2.60. The number of ether oxygens (including phenoxy) is 1. The fourth-order valence-corrected chi connectivity index (χ4v) is 4.98. The van der Waals surface area contributed by atoms with Crippen LogP contribution in [-0.2, 0) is 17.8 Å². The topological polar surface area (TPSA) is 59.4 Å². The summed E-state index contributed by atoms with van der Waals surface area (Å²) < 4.78 is 20.9. The molecule has 2 aliphatic rings. The summed E-state index contributed by atoms with van der Waals surface area (Å²) in [6.07, 6.45) is 3.41. The molecule has 1 N–H and O–H groups in total. The molecule has 0 spiro atoms. The quantitative estimate of drug-likeness (QED) is 0.603. The van der Waals surface area contributed by atoms with E-state index in [0.29, 0.717) is 25.5 Å². The monoisotopic (exact) mass is 434 g/mol. The zero-order chi connectivity index (χ0) is 22.1. The number of carbonyl (C=O) groups is 1. The Bertz CT molecular complexity index is 1110. The van der Waals surface area contributed by atoms with Gasteiger partial charge in [0.15, 0.2) is 5.69 Å². The third kappa shape index (κ3) is 4.06. The summed E-state index contributed by atoms with van der Waals surface area (Å²) in [4.78, 5) is 15.6. The largest absolute Gasteiger partial charge is 0.378 e. The first-order valence-electron chi connectivity index (χ1n) is 11.1. The second kappa shape index (κ2) is 8.84. The number of benzene rings is 2. The first kappa shape index (κ1) is 20.8. The Kier molecular flexibility index (Phi) is 5.76. The smallest absolute Gasteiger partial charge is 0.272 e. The second-order valence-electron chi connectivity index (χ2n) is 8.62. The number of hydrogen-bond donors (Lipinski definition) is 1. The molecule has 166 valence electrons. The van der Waals surface area contributed by atoms with Crippen molar-refractivity contribution in [3.05, 3.63) is 78.3 Å². The summed E-state index contributed by atoms with van der Waals surface area (Å²) in [5, 5.41) is 8.64. The van der Waals surface area contributed by atoms with Crippen LogP contribution in [0.3, 0.4) is 0 Å². The molecule has 5 rings (SSSR count). The Morgan fingerprint density at radius 2 is 1.88 bits per heavy atom. The summed E-state index contributed by atoms with van der Waals surface area (Å²) in [5.41, 5.74) is 2.47. The van der Waals surface area contributed by atoms with Crippen molar-refractivity contribution in [1.82, 2.24) is 20.0 Å². The molecule has 0 radical (unpaired) electrons. The number of hydrogen-bond acceptors (Lipinski definition) is 4. The maximum atomic E-state index is 13.3. The maximum Gasteiger partial charge on any atom is 0.272 e. The van der Waals surface area contributed by atoms with E-state index in [4.69, 9.17) is 4.74 Å². The number of para-hydroxylation sites is 1. The van der Waals surface area contributed by atoms with E-state index in [9.17, 15) is 9.18 Å². The summed E-state index contributed by atoms with van der Waals surface area (Å²) >= 11 is 0. The second-order valence-corrected chi connectivity index (χ2v) is 8.62. The van der Waals surface area contributed by atoms with E-state index in [1.165, 1.54) is 12.1 Å². The number of rotatable bonds is 6. The van der Waals surface area contributed by atoms with Crippen molar-refractivity contribution in [2.45, 2.75) is 44.1 Å². The van der Waals surface area contributed by atoms with Gasteiger partial charge in [0, 0.05) is 30.1 Å². The van der Waals surface area contributed by atoms with Gasteiger partial charge < -0.3 is 10.1 Å². The number of morpholine rings is 1. The van der Waals surface area contributed by atoms with Gasteiger partial charge >= 0.3 is 0 Å². The Hall–Kier alpha value is -3.03. The molecule has 2 fully saturated rings. The minimum atomic E-state index is -0.221. The number of fused-ring (bicyclic) bond motifs is 3. The van der Waals surface area contributed by atoms with Crippen LogP contribution in [0.25, 0.3) is 10.9 Å². The van der Waals surface area contributed by atoms with Crippen LogP contribution in [-0.4, -0.2) is 51.9 Å². The zero-order valence-corrected chi connectivity index (χ0v) is 17.9. The van der Waals surface area contributed by atoms with Crippen molar-refractivity contribution in [3.8, 4) is 0 Å². The highest BCUT2D eigenvalue weighted by molar-refractivity contribution is 6.05. The Labute approximate surface area is 186 Å². The van der Waals surface area contributed by atoms with Crippen LogP contribution in [0.4, 0.5) is 4.39 Å². The fourth-order valence-electron chi connectivity index (χ4n) is 4.98. The normalized spacial score (nSPS) is 23.2. The first-order chi connectivity index (χ1) is 15.6. The van der Waals surface area contributed by atoms with Gasteiger partial charge in [-0.1, -0.05) is 36.4 Å². The standard InChI is InChI=1S/C25H27FN4O2/c1-2-11-30-23-6-4-3-5-22(23)24(28-30)25(31)27-19-12-20-15-32-16-21(13-19)29(20)14-17-7-9-18(26)10-8-17/h2-10,19-21H,1,11-16H2,(H,27,31)/t19-,20-,21+. The average molecular weight is 435 g/mol. The van der Waals surface area contributed by atoms with E-state index in [0.717, 1.165) is 35.9 Å². The van der Waals surface area contributed by atoms with E-state index in [1.54, 1.807) is 6.08 Å². The van der Waals surface area contributed by atoms with Crippen molar-refractivity contribution in [1.29, 1.82) is 0 Å². The molecular weight excluding hydrogens is 407 g/mol. The molecule has 0 unspecified atom stereocenters. The minimum absolute atomic E-state index is 0.0641. The highest BCUT2D eigenvalue weighted by atomic mass is 19.1. The SMILES string of the molecule is C=CCn1nc(C(=O)N[C@H]2C[C@H]3COC[C@@H](C2)N3Cc2ccc(F)cc2)c2ccccc21. The zero-order valence-electron chi connectivity index (χ0n) is 17.9. The number of amides is 1. The number of halogens is 1. The average Bonchev–Trinajstić information content (AvgIpc) is 3.15. The number of carbonyl (C=O) groups excluding carboxylic acids is 1. The van der Waals surface area contributed by atoms with Crippen LogP contribution in [0.2, 0.25) is 0 Å². The van der Waals surface area contributed by atoms with Crippen LogP contribution in [0.1, 0.15) is 28.9 Å². The van der Waals surface area contributed by atoms with Gasteiger partial charge in [0.05, 0.1) is 25.3 Å². The number of piperidine rings is 1. The molecule has 0 saturated carbocycles. The van der Waals surface area contributed by atoms with Crippen LogP contribution in [0.5, 0.6) is 0 Å². The lowest BCUT2D eigenvalue weighted by molar-refractivity contribution is -0.0843. The minimum Gasteiger partial charge on any atom is -0.378 e. The van der Waals surface area contributed by atoms with Gasteiger partial charge in [-0.15, -0.1) is 6.58 Å². The Morgan fingerprint density at radius 1 is 1.16 bits per heavy atom. The lowest BCUT2D eigenvalue weighted by atomic mass is 9.89. The van der Waals surface area contributed by atoms with Crippen LogP contribution in [0.15, 0.2) is 61.2 Å². The Morgan fingerprint density at radius 3 is 2.59 bits per heavy atom. The van der Waals surface area contributed by atoms with Crippen LogP contribution in [0, 0.1) is 5.82 Å². The summed E-state index contributed by atoms with van der Waals surface area (Å²) in [7, 11) is 0. The molecule has 7 heteroatoms. The summed E-state index contributed by atoms with van der Waals surface area (Å²) in [6.45, 7) is 6.38. The molecule has 6 nitrogen and oxygen atoms in total. The van der Waals surface area contributed by atoms with Crippen molar-refractivity contribution >= 4 is 16.8 Å². The molecule has 0 aliphatic carbocycles. The molecule has 3 heterocycles. The number of nitrogens with zero attached hydrogens (tertiary/aromatic N) is 3. The fraction of sp³-hybridized carbons (Fsp3) is 0.360. The highest BCUT2D eigenvalue weighted by Crippen LogP contribution is 2.30. The van der Waals surface area contributed by atoms with Gasteiger partial charge in [0.1, 0.15) is 5.82 Å². The van der Waals surface area contributed by atoms with Crippen molar-refractivity contribution < 1.29 is 13.9 Å². The molecule has 3 aromatic rings. The van der Waals surface area contributed by atoms with Crippen LogP contribution < -0.4 is 5.32 Å². The van der Waals surface area contributed by atoms with E-state index in [-0.39, 0.29) is 29.8 Å². The third-order valence-corrected chi connectivity index (χ3v) is 6.46. The predicted molar refractivity (Wildman–Crippen MR) is 121 cm³/mol. The van der Waals surface area contributed by atoms with Crippen molar-refractivity contribution in [2.24, 2.45) is 0 Å². The van der Waals surface area contributed by atoms with Crippen molar-refractivity contribution in [2.75, 3.05) is 13.2 Å². The predicted octanol–water partition coefficient (Wildman–Crippen LogP) is 3.52. The summed E-state index contributed by atoms with van der Waals surface area (Å²) in [5.74, 6) is -0.359. The number of allylic oxidation sites excluding steroid dienone is 1. The number of aromatic nitrogens is 2. The van der Waals surface area contributed by atoms with E-state index < -0.39 is 0 Å². The molecule has 2 aliphatic heterocycles. The van der Waals surface area contributed by atoms with Gasteiger partial charge in [-0.25, -0.2) is 4.39 Å². The summed E-state index contributed by atoms with van der Waals surface area (Å²) in [6, 6.07) is 15.0. The van der Waals surface area contributed by atoms with E-state index >= 15 is 0 Å². The molecular formula is C25H27FN4O2. The first-order valence-corrected chi connectivity index (χ1v) is 11.1. The van der Waals surface area contributed by atoms with Crippen molar-refractivity contribution in [3.63, 3.8) is 0 Å². The third-order valence-electron chi connectivity index (χ3n) is 6.46. The van der Waals surface area contributed by atoms with Gasteiger partial charge in [-0.2, -0.15) is 5.10 Å².